The molecule has 3 rings (SSSR count). The van der Waals surface area contributed by atoms with Gasteiger partial charge in [0.25, 0.3) is 0 Å². The molecule has 0 radical (unpaired) electrons. The lowest BCUT2D eigenvalue weighted by Crippen LogP contribution is -2.07. The van der Waals surface area contributed by atoms with Crippen LogP contribution in [0.1, 0.15) is 39.9 Å². The van der Waals surface area contributed by atoms with Gasteiger partial charge in [0.2, 0.25) is 0 Å². The predicted octanol–water partition coefficient (Wildman–Crippen LogP) is 4.57. The van der Waals surface area contributed by atoms with Crippen molar-refractivity contribution in [3.8, 4) is 5.75 Å². The number of carbonyl (C=O) groups is 1. The van der Waals surface area contributed by atoms with Crippen LogP contribution in [0.25, 0.3) is 0 Å². The van der Waals surface area contributed by atoms with Crippen molar-refractivity contribution >= 4 is 21.7 Å². The molecule has 0 spiro atoms. The molecule has 0 amide bonds. The summed E-state index contributed by atoms with van der Waals surface area (Å²) >= 11 is 3.43. The third-order valence-corrected chi connectivity index (χ3v) is 4.64. The number of ketones is 1. The van der Waals surface area contributed by atoms with E-state index in [1.54, 1.807) is 7.11 Å². The molecule has 0 heterocycles. The fraction of sp³-hybridized carbons (Fsp3) is 0.278. The number of rotatable bonds is 3. The van der Waals surface area contributed by atoms with E-state index in [4.69, 9.17) is 4.74 Å². The van der Waals surface area contributed by atoms with Crippen molar-refractivity contribution in [2.45, 2.75) is 25.7 Å². The Morgan fingerprint density at radius 1 is 1.00 bits per heavy atom. The van der Waals surface area contributed by atoms with Gasteiger partial charge in [0.05, 0.1) is 11.6 Å². The maximum atomic E-state index is 12.6. The second kappa shape index (κ2) is 6.02. The van der Waals surface area contributed by atoms with Crippen LogP contribution in [0.15, 0.2) is 40.9 Å². The van der Waals surface area contributed by atoms with E-state index in [0.29, 0.717) is 5.56 Å². The molecule has 0 saturated heterocycles. The van der Waals surface area contributed by atoms with E-state index in [1.165, 1.54) is 24.0 Å². The normalized spacial score (nSPS) is 13.6. The van der Waals surface area contributed by atoms with Crippen molar-refractivity contribution in [3.05, 3.63) is 63.1 Å². The van der Waals surface area contributed by atoms with Crippen LogP contribution in [0.2, 0.25) is 0 Å². The second-order valence-corrected chi connectivity index (χ2v) is 6.22. The summed E-state index contributed by atoms with van der Waals surface area (Å²) in [6, 6.07) is 11.6. The van der Waals surface area contributed by atoms with E-state index >= 15 is 0 Å². The molecular weight excluding hydrogens is 328 g/mol. The lowest BCUT2D eigenvalue weighted by Gasteiger charge is -2.16. The van der Waals surface area contributed by atoms with E-state index < -0.39 is 0 Å². The highest BCUT2D eigenvalue weighted by molar-refractivity contribution is 9.10. The highest BCUT2D eigenvalue weighted by Crippen LogP contribution is 2.28. The number of halogens is 1. The summed E-state index contributed by atoms with van der Waals surface area (Å²) in [5.41, 5.74) is 4.18. The molecule has 0 saturated carbocycles. The molecule has 0 bridgehead atoms. The van der Waals surface area contributed by atoms with E-state index in [0.717, 1.165) is 28.6 Å². The van der Waals surface area contributed by atoms with Gasteiger partial charge in [-0.1, -0.05) is 12.1 Å². The number of carbonyl (C=O) groups excluding carboxylic acids is 1. The van der Waals surface area contributed by atoms with Crippen LogP contribution in [0.4, 0.5) is 0 Å². The lowest BCUT2D eigenvalue weighted by atomic mass is 9.89. The van der Waals surface area contributed by atoms with Crippen LogP contribution in [0.3, 0.4) is 0 Å². The van der Waals surface area contributed by atoms with Crippen LogP contribution < -0.4 is 4.74 Å². The Morgan fingerprint density at radius 2 is 1.67 bits per heavy atom. The van der Waals surface area contributed by atoms with Gasteiger partial charge in [-0.3, -0.25) is 4.79 Å². The summed E-state index contributed by atoms with van der Waals surface area (Å²) in [5.74, 6) is 0.795. The minimum absolute atomic E-state index is 0.0618. The van der Waals surface area contributed by atoms with Gasteiger partial charge in [-0.2, -0.15) is 0 Å². The summed E-state index contributed by atoms with van der Waals surface area (Å²) in [7, 11) is 1.62. The van der Waals surface area contributed by atoms with Crippen LogP contribution in [-0.4, -0.2) is 12.9 Å². The molecule has 2 nitrogen and oxygen atoms in total. The summed E-state index contributed by atoms with van der Waals surface area (Å²) in [4.78, 5) is 12.6. The van der Waals surface area contributed by atoms with Gasteiger partial charge >= 0.3 is 0 Å². The molecule has 1 aliphatic rings. The van der Waals surface area contributed by atoms with Gasteiger partial charge < -0.3 is 4.74 Å². The summed E-state index contributed by atoms with van der Waals surface area (Å²) in [6.45, 7) is 0. The van der Waals surface area contributed by atoms with Gasteiger partial charge in [-0.25, -0.2) is 0 Å². The number of fused-ring (bicyclic) bond motifs is 1. The largest absolute Gasteiger partial charge is 0.496 e. The van der Waals surface area contributed by atoms with Crippen LogP contribution >= 0.6 is 15.9 Å². The molecule has 0 atom stereocenters. The van der Waals surface area contributed by atoms with Gasteiger partial charge in [0.1, 0.15) is 5.75 Å². The van der Waals surface area contributed by atoms with Gasteiger partial charge in [0, 0.05) is 11.1 Å². The standard InChI is InChI=1S/C18H17BrO2/c1-21-17-9-8-15(11-16(17)19)18(20)14-7-6-12-4-2-3-5-13(12)10-14/h6-11H,2-5H2,1H3. The maximum Gasteiger partial charge on any atom is 0.193 e. The van der Waals surface area contributed by atoms with Crippen molar-refractivity contribution in [1.29, 1.82) is 0 Å². The zero-order chi connectivity index (χ0) is 14.8. The van der Waals surface area contributed by atoms with E-state index in [2.05, 4.69) is 28.1 Å². The molecule has 0 fully saturated rings. The van der Waals surface area contributed by atoms with Crippen LogP contribution in [-0.2, 0) is 12.8 Å². The quantitative estimate of drug-likeness (QED) is 0.762. The summed E-state index contributed by atoms with van der Waals surface area (Å²) in [5, 5.41) is 0. The molecule has 108 valence electrons. The highest BCUT2D eigenvalue weighted by atomic mass is 79.9. The van der Waals surface area contributed by atoms with Crippen molar-refractivity contribution in [3.63, 3.8) is 0 Å². The summed E-state index contributed by atoms with van der Waals surface area (Å²) in [6.07, 6.45) is 4.70. The average molecular weight is 345 g/mol. The number of aryl methyl sites for hydroxylation is 2. The van der Waals surface area contributed by atoms with Crippen molar-refractivity contribution < 1.29 is 9.53 Å². The number of hydrogen-bond donors (Lipinski definition) is 0. The fourth-order valence-electron chi connectivity index (χ4n) is 2.85. The van der Waals surface area contributed by atoms with Gasteiger partial charge in [0.15, 0.2) is 5.78 Å². The molecule has 0 aromatic heterocycles. The number of ether oxygens (including phenoxy) is 1. The third kappa shape index (κ3) is 2.88. The first kappa shape index (κ1) is 14.3. The Bertz CT molecular complexity index is 692. The number of methoxy groups -OCH3 is 1. The lowest BCUT2D eigenvalue weighted by molar-refractivity contribution is 0.103. The first-order valence-electron chi connectivity index (χ1n) is 7.19. The van der Waals surface area contributed by atoms with E-state index in [-0.39, 0.29) is 5.78 Å². The minimum Gasteiger partial charge on any atom is -0.496 e. The zero-order valence-corrected chi connectivity index (χ0v) is 13.6. The molecule has 2 aromatic carbocycles. The van der Waals surface area contributed by atoms with E-state index in [9.17, 15) is 4.79 Å². The Morgan fingerprint density at radius 3 is 2.38 bits per heavy atom. The van der Waals surface area contributed by atoms with Crippen molar-refractivity contribution in [2.24, 2.45) is 0 Å². The second-order valence-electron chi connectivity index (χ2n) is 5.37. The van der Waals surface area contributed by atoms with E-state index in [1.807, 2.05) is 24.3 Å². The van der Waals surface area contributed by atoms with Crippen molar-refractivity contribution in [1.82, 2.24) is 0 Å². The smallest absolute Gasteiger partial charge is 0.193 e. The first-order valence-corrected chi connectivity index (χ1v) is 7.98. The Kier molecular flexibility index (Phi) is 4.11. The predicted molar refractivity (Wildman–Crippen MR) is 87.2 cm³/mol. The zero-order valence-electron chi connectivity index (χ0n) is 12.0. The number of hydrogen-bond acceptors (Lipinski definition) is 2. The van der Waals surface area contributed by atoms with Crippen LogP contribution in [0, 0.1) is 0 Å². The molecule has 0 aliphatic heterocycles. The molecule has 3 heteroatoms. The monoisotopic (exact) mass is 344 g/mol. The topological polar surface area (TPSA) is 26.3 Å². The van der Waals surface area contributed by atoms with Crippen molar-refractivity contribution in [2.75, 3.05) is 7.11 Å². The maximum absolute atomic E-state index is 12.6. The Labute approximate surface area is 133 Å². The minimum atomic E-state index is 0.0618. The average Bonchev–Trinajstić information content (AvgIpc) is 2.53. The summed E-state index contributed by atoms with van der Waals surface area (Å²) < 4.78 is 6.00. The van der Waals surface area contributed by atoms with Gasteiger partial charge in [-0.15, -0.1) is 0 Å². The Hall–Kier alpha value is -1.61. The SMILES string of the molecule is COc1ccc(C(=O)c2ccc3c(c2)CCCC3)cc1Br. The number of benzene rings is 2. The fourth-order valence-corrected chi connectivity index (χ4v) is 3.39. The molecule has 0 unspecified atom stereocenters. The molecule has 2 aromatic rings. The molecule has 0 N–H and O–H groups in total. The molecule has 1 aliphatic carbocycles. The highest BCUT2D eigenvalue weighted by Gasteiger charge is 2.15. The molecule has 21 heavy (non-hydrogen) atoms. The third-order valence-electron chi connectivity index (χ3n) is 4.02. The Balaban J connectivity index is 1.93. The van der Waals surface area contributed by atoms with Gasteiger partial charge in [-0.05, 0) is 77.0 Å². The molecular formula is C18H17BrO2. The van der Waals surface area contributed by atoms with Crippen LogP contribution in [0.5, 0.6) is 5.75 Å². The first-order chi connectivity index (χ1) is 10.2.